The highest BCUT2D eigenvalue weighted by Crippen LogP contribution is 2.19. The second-order valence-electron chi connectivity index (χ2n) is 4.35. The lowest BCUT2D eigenvalue weighted by Crippen LogP contribution is -1.97. The first-order chi connectivity index (χ1) is 9.65. The first-order valence-electron chi connectivity index (χ1n) is 6.24. The molecular formula is C16H14ClNO2. The van der Waals surface area contributed by atoms with Gasteiger partial charge in [0.15, 0.2) is 0 Å². The number of carboxylic acid groups (broad SMARTS) is 1. The average molecular weight is 288 g/mol. The van der Waals surface area contributed by atoms with E-state index in [2.05, 4.69) is 4.98 Å². The summed E-state index contributed by atoms with van der Waals surface area (Å²) in [6, 6.07) is 13.0. The van der Waals surface area contributed by atoms with Crippen molar-refractivity contribution in [2.24, 2.45) is 0 Å². The molecule has 2 aromatic rings. The van der Waals surface area contributed by atoms with Crippen molar-refractivity contribution >= 4 is 23.1 Å². The molecule has 0 saturated carbocycles. The van der Waals surface area contributed by atoms with E-state index in [-0.39, 0.29) is 0 Å². The van der Waals surface area contributed by atoms with Crippen LogP contribution in [0.2, 0.25) is 5.02 Å². The number of carboxylic acids is 1. The van der Waals surface area contributed by atoms with Crippen molar-refractivity contribution in [2.75, 3.05) is 0 Å². The normalized spacial score (nSPS) is 11.3. The van der Waals surface area contributed by atoms with Gasteiger partial charge in [-0.25, -0.2) is 4.79 Å². The summed E-state index contributed by atoms with van der Waals surface area (Å²) in [5.74, 6) is -0.957. The molecule has 3 nitrogen and oxygen atoms in total. The van der Waals surface area contributed by atoms with Crippen LogP contribution in [0.15, 0.2) is 54.7 Å². The standard InChI is InChI=1S/C16H14ClNO2/c17-14-8-5-12(6-9-14)4-7-13(11-16(19)20)15-3-1-2-10-18-15/h1-3,5-6,8-11H,4,7H2,(H,19,20). The summed E-state index contributed by atoms with van der Waals surface area (Å²) in [4.78, 5) is 15.1. The van der Waals surface area contributed by atoms with E-state index >= 15 is 0 Å². The first kappa shape index (κ1) is 14.3. The number of aliphatic carboxylic acids is 1. The molecule has 0 unspecified atom stereocenters. The van der Waals surface area contributed by atoms with Gasteiger partial charge in [-0.05, 0) is 48.2 Å². The highest BCUT2D eigenvalue weighted by atomic mass is 35.5. The summed E-state index contributed by atoms with van der Waals surface area (Å²) in [5.41, 5.74) is 2.53. The molecule has 1 aromatic carbocycles. The van der Waals surface area contributed by atoms with Gasteiger partial charge >= 0.3 is 5.97 Å². The molecule has 1 N–H and O–H groups in total. The van der Waals surface area contributed by atoms with E-state index in [1.807, 2.05) is 36.4 Å². The van der Waals surface area contributed by atoms with Crippen molar-refractivity contribution in [3.8, 4) is 0 Å². The summed E-state index contributed by atoms with van der Waals surface area (Å²) in [7, 11) is 0. The van der Waals surface area contributed by atoms with Crippen LogP contribution in [-0.4, -0.2) is 16.1 Å². The molecule has 0 radical (unpaired) electrons. The van der Waals surface area contributed by atoms with Gasteiger partial charge in [-0.1, -0.05) is 29.8 Å². The first-order valence-corrected chi connectivity index (χ1v) is 6.62. The Morgan fingerprint density at radius 1 is 1.20 bits per heavy atom. The molecule has 0 aliphatic carbocycles. The number of pyridine rings is 1. The van der Waals surface area contributed by atoms with Gasteiger partial charge in [0.05, 0.1) is 5.69 Å². The van der Waals surface area contributed by atoms with Crippen molar-refractivity contribution in [1.82, 2.24) is 4.98 Å². The molecule has 1 heterocycles. The zero-order valence-corrected chi connectivity index (χ0v) is 11.5. The summed E-state index contributed by atoms with van der Waals surface area (Å²) < 4.78 is 0. The molecule has 0 bridgehead atoms. The number of nitrogens with zero attached hydrogens (tertiary/aromatic N) is 1. The van der Waals surface area contributed by atoms with Crippen molar-refractivity contribution in [3.05, 3.63) is 71.0 Å². The molecule has 0 amide bonds. The summed E-state index contributed by atoms with van der Waals surface area (Å²) in [6.45, 7) is 0. The predicted molar refractivity (Wildman–Crippen MR) is 79.6 cm³/mol. The lowest BCUT2D eigenvalue weighted by molar-refractivity contribution is -0.131. The third-order valence-corrected chi connectivity index (χ3v) is 3.14. The lowest BCUT2D eigenvalue weighted by Gasteiger charge is -2.06. The summed E-state index contributed by atoms with van der Waals surface area (Å²) in [6.07, 6.45) is 4.24. The van der Waals surface area contributed by atoms with E-state index in [1.165, 1.54) is 6.08 Å². The zero-order chi connectivity index (χ0) is 14.4. The minimum atomic E-state index is -0.957. The summed E-state index contributed by atoms with van der Waals surface area (Å²) >= 11 is 5.84. The maximum atomic E-state index is 10.9. The van der Waals surface area contributed by atoms with E-state index in [9.17, 15) is 4.79 Å². The molecule has 1 aromatic heterocycles. The number of hydrogen-bond donors (Lipinski definition) is 1. The minimum Gasteiger partial charge on any atom is -0.478 e. The largest absolute Gasteiger partial charge is 0.478 e. The Hall–Kier alpha value is -2.13. The lowest BCUT2D eigenvalue weighted by atomic mass is 10.0. The van der Waals surface area contributed by atoms with Crippen molar-refractivity contribution in [3.63, 3.8) is 0 Å². The van der Waals surface area contributed by atoms with Gasteiger partial charge in [0.2, 0.25) is 0 Å². The van der Waals surface area contributed by atoms with Gasteiger partial charge in [-0.3, -0.25) is 4.98 Å². The van der Waals surface area contributed by atoms with Crippen molar-refractivity contribution in [1.29, 1.82) is 0 Å². The van der Waals surface area contributed by atoms with Crippen LogP contribution >= 0.6 is 11.6 Å². The molecule has 0 spiro atoms. The fourth-order valence-corrected chi connectivity index (χ4v) is 2.03. The fourth-order valence-electron chi connectivity index (χ4n) is 1.91. The number of aryl methyl sites for hydroxylation is 1. The molecule has 2 rings (SSSR count). The molecule has 0 saturated heterocycles. The Morgan fingerprint density at radius 3 is 2.55 bits per heavy atom. The SMILES string of the molecule is O=C(O)C=C(CCc1ccc(Cl)cc1)c1ccccn1. The Morgan fingerprint density at radius 2 is 1.95 bits per heavy atom. The highest BCUT2D eigenvalue weighted by molar-refractivity contribution is 6.30. The molecule has 0 fully saturated rings. The van der Waals surface area contributed by atoms with Gasteiger partial charge in [-0.15, -0.1) is 0 Å². The Kier molecular flexibility index (Phi) is 4.91. The Labute approximate surface area is 122 Å². The molecule has 0 atom stereocenters. The van der Waals surface area contributed by atoms with Gasteiger partial charge in [0.25, 0.3) is 0 Å². The second-order valence-corrected chi connectivity index (χ2v) is 4.79. The second kappa shape index (κ2) is 6.87. The van der Waals surface area contributed by atoms with Crippen LogP contribution in [0, 0.1) is 0 Å². The quantitative estimate of drug-likeness (QED) is 0.850. The molecule has 0 aliphatic heterocycles. The van der Waals surface area contributed by atoms with Crippen LogP contribution in [0.25, 0.3) is 5.57 Å². The number of aromatic nitrogens is 1. The van der Waals surface area contributed by atoms with E-state index in [1.54, 1.807) is 12.3 Å². The molecule has 0 aliphatic rings. The Balaban J connectivity index is 2.13. The predicted octanol–water partition coefficient (Wildman–Crippen LogP) is 3.84. The van der Waals surface area contributed by atoms with E-state index < -0.39 is 5.97 Å². The van der Waals surface area contributed by atoms with Gasteiger partial charge in [-0.2, -0.15) is 0 Å². The molecule has 102 valence electrons. The third-order valence-electron chi connectivity index (χ3n) is 2.89. The molecule has 4 heteroatoms. The van der Waals surface area contributed by atoms with Crippen LogP contribution in [0.4, 0.5) is 0 Å². The minimum absolute atomic E-state index is 0.616. The van der Waals surface area contributed by atoms with Gasteiger partial charge in [0, 0.05) is 17.3 Å². The van der Waals surface area contributed by atoms with E-state index in [0.717, 1.165) is 12.0 Å². The van der Waals surface area contributed by atoms with Crippen LogP contribution < -0.4 is 0 Å². The van der Waals surface area contributed by atoms with Crippen LogP contribution in [-0.2, 0) is 11.2 Å². The van der Waals surface area contributed by atoms with Crippen LogP contribution in [0.1, 0.15) is 17.7 Å². The van der Waals surface area contributed by atoms with Gasteiger partial charge < -0.3 is 5.11 Å². The van der Waals surface area contributed by atoms with Crippen LogP contribution in [0.3, 0.4) is 0 Å². The number of halogens is 1. The Bertz CT molecular complexity index is 606. The van der Waals surface area contributed by atoms with Gasteiger partial charge in [0.1, 0.15) is 0 Å². The topological polar surface area (TPSA) is 50.2 Å². The van der Waals surface area contributed by atoms with Crippen molar-refractivity contribution < 1.29 is 9.90 Å². The van der Waals surface area contributed by atoms with Crippen molar-refractivity contribution in [2.45, 2.75) is 12.8 Å². The zero-order valence-electron chi connectivity index (χ0n) is 10.8. The number of rotatable bonds is 5. The fraction of sp³-hybridized carbons (Fsp3) is 0.125. The number of carbonyl (C=O) groups is 1. The number of hydrogen-bond acceptors (Lipinski definition) is 2. The third kappa shape index (κ3) is 4.21. The summed E-state index contributed by atoms with van der Waals surface area (Å²) in [5, 5.41) is 9.65. The average Bonchev–Trinajstić information content (AvgIpc) is 2.46. The van der Waals surface area contributed by atoms with E-state index in [0.29, 0.717) is 22.7 Å². The smallest absolute Gasteiger partial charge is 0.328 e. The molecular weight excluding hydrogens is 274 g/mol. The highest BCUT2D eigenvalue weighted by Gasteiger charge is 2.06. The monoisotopic (exact) mass is 287 g/mol. The van der Waals surface area contributed by atoms with Crippen LogP contribution in [0.5, 0.6) is 0 Å². The molecule has 20 heavy (non-hydrogen) atoms. The number of allylic oxidation sites excluding steroid dienone is 1. The van der Waals surface area contributed by atoms with E-state index in [4.69, 9.17) is 16.7 Å². The maximum absolute atomic E-state index is 10.9. The number of benzene rings is 1. The maximum Gasteiger partial charge on any atom is 0.328 e.